The molecule has 3 aromatic rings. The zero-order valence-electron chi connectivity index (χ0n) is 14.4. The van der Waals surface area contributed by atoms with Gasteiger partial charge in [-0.1, -0.05) is 42.5 Å². The standard InChI is InChI=1S/C21H20FNO2S/c1-26-20(21(23)24)11-14-6-7-16-12-18(9-8-15(16)10-14)25-13-17-4-2-3-5-19(17)22/h2-10,12,20H,11,13H2,1H3,(H2,23,24). The van der Waals surface area contributed by atoms with Crippen molar-refractivity contribution >= 4 is 28.4 Å². The fraction of sp³-hybridized carbons (Fsp3) is 0.190. The van der Waals surface area contributed by atoms with Crippen molar-refractivity contribution < 1.29 is 13.9 Å². The van der Waals surface area contributed by atoms with Crippen LogP contribution in [0.5, 0.6) is 5.75 Å². The Morgan fingerprint density at radius 1 is 1.12 bits per heavy atom. The summed E-state index contributed by atoms with van der Waals surface area (Å²) in [5, 5.41) is 1.86. The largest absolute Gasteiger partial charge is 0.489 e. The van der Waals surface area contributed by atoms with E-state index in [9.17, 15) is 9.18 Å². The van der Waals surface area contributed by atoms with Gasteiger partial charge in [0.05, 0.1) is 5.25 Å². The number of primary amides is 1. The molecule has 1 unspecified atom stereocenters. The summed E-state index contributed by atoms with van der Waals surface area (Å²) in [6.45, 7) is 0.185. The molecule has 1 amide bonds. The predicted molar refractivity (Wildman–Crippen MR) is 105 cm³/mol. The van der Waals surface area contributed by atoms with E-state index in [1.807, 2.05) is 36.6 Å². The van der Waals surface area contributed by atoms with Gasteiger partial charge < -0.3 is 10.5 Å². The third-order valence-electron chi connectivity index (χ3n) is 4.25. The number of carbonyl (C=O) groups is 1. The summed E-state index contributed by atoms with van der Waals surface area (Å²) in [6.07, 6.45) is 2.49. The highest BCUT2D eigenvalue weighted by Gasteiger charge is 2.14. The first-order valence-electron chi connectivity index (χ1n) is 8.28. The molecule has 0 aliphatic heterocycles. The molecule has 0 aromatic heterocycles. The van der Waals surface area contributed by atoms with Crippen LogP contribution in [-0.4, -0.2) is 17.4 Å². The number of carbonyl (C=O) groups excluding carboxylic acids is 1. The van der Waals surface area contributed by atoms with E-state index in [1.54, 1.807) is 18.2 Å². The number of nitrogens with two attached hydrogens (primary N) is 1. The Morgan fingerprint density at radius 3 is 2.58 bits per heavy atom. The molecule has 0 aliphatic carbocycles. The summed E-state index contributed by atoms with van der Waals surface area (Å²) in [7, 11) is 0. The van der Waals surface area contributed by atoms with Gasteiger partial charge in [-0.15, -0.1) is 0 Å². The number of halogens is 1. The van der Waals surface area contributed by atoms with E-state index >= 15 is 0 Å². The average molecular weight is 369 g/mol. The van der Waals surface area contributed by atoms with Gasteiger partial charge in [-0.05, 0) is 47.2 Å². The molecule has 1 atom stereocenters. The third-order valence-corrected chi connectivity index (χ3v) is 5.22. The Hall–Kier alpha value is -2.53. The number of benzene rings is 3. The second kappa shape index (κ2) is 8.23. The van der Waals surface area contributed by atoms with Crippen molar-refractivity contribution in [3.63, 3.8) is 0 Å². The molecule has 0 fully saturated rings. The number of amides is 1. The highest BCUT2D eigenvalue weighted by Crippen LogP contribution is 2.24. The molecule has 3 nitrogen and oxygen atoms in total. The van der Waals surface area contributed by atoms with Crippen LogP contribution in [0, 0.1) is 5.82 Å². The van der Waals surface area contributed by atoms with Crippen molar-refractivity contribution in [2.45, 2.75) is 18.3 Å². The molecule has 0 spiro atoms. The molecule has 0 bridgehead atoms. The van der Waals surface area contributed by atoms with Gasteiger partial charge in [0, 0.05) is 5.56 Å². The fourth-order valence-corrected chi connectivity index (χ4v) is 3.37. The van der Waals surface area contributed by atoms with Crippen LogP contribution >= 0.6 is 11.8 Å². The van der Waals surface area contributed by atoms with Gasteiger partial charge in [-0.3, -0.25) is 4.79 Å². The van der Waals surface area contributed by atoms with Crippen LogP contribution in [0.3, 0.4) is 0 Å². The zero-order valence-corrected chi connectivity index (χ0v) is 15.3. The van der Waals surface area contributed by atoms with Gasteiger partial charge in [-0.25, -0.2) is 4.39 Å². The lowest BCUT2D eigenvalue weighted by molar-refractivity contribution is -0.117. The van der Waals surface area contributed by atoms with Crippen LogP contribution in [0.15, 0.2) is 60.7 Å². The van der Waals surface area contributed by atoms with Crippen molar-refractivity contribution in [3.8, 4) is 5.75 Å². The fourth-order valence-electron chi connectivity index (χ4n) is 2.78. The topological polar surface area (TPSA) is 52.3 Å². The number of hydrogen-bond acceptors (Lipinski definition) is 3. The number of hydrogen-bond donors (Lipinski definition) is 1. The average Bonchev–Trinajstić information content (AvgIpc) is 2.65. The maximum Gasteiger partial charge on any atom is 0.230 e. The van der Waals surface area contributed by atoms with Crippen LogP contribution < -0.4 is 10.5 Å². The minimum Gasteiger partial charge on any atom is -0.489 e. The molecular formula is C21H20FNO2S. The molecule has 2 N–H and O–H groups in total. The Balaban J connectivity index is 1.74. The number of rotatable bonds is 7. The molecule has 0 aliphatic rings. The molecular weight excluding hydrogens is 349 g/mol. The molecule has 0 heterocycles. The predicted octanol–water partition coefficient (Wildman–Crippen LogP) is 4.32. The van der Waals surface area contributed by atoms with Gasteiger partial charge in [0.15, 0.2) is 0 Å². The SMILES string of the molecule is CSC(Cc1ccc2cc(OCc3ccccc3F)ccc2c1)C(N)=O. The summed E-state index contributed by atoms with van der Waals surface area (Å²) >= 11 is 1.46. The Morgan fingerprint density at radius 2 is 1.85 bits per heavy atom. The highest BCUT2D eigenvalue weighted by atomic mass is 32.2. The second-order valence-corrected chi connectivity index (χ2v) is 7.09. The van der Waals surface area contributed by atoms with E-state index in [0.29, 0.717) is 17.7 Å². The van der Waals surface area contributed by atoms with E-state index in [-0.39, 0.29) is 23.6 Å². The van der Waals surface area contributed by atoms with E-state index in [4.69, 9.17) is 10.5 Å². The van der Waals surface area contributed by atoms with E-state index in [1.165, 1.54) is 17.8 Å². The molecule has 0 saturated heterocycles. The third kappa shape index (κ3) is 4.35. The maximum absolute atomic E-state index is 13.7. The first kappa shape index (κ1) is 18.3. The van der Waals surface area contributed by atoms with Crippen LogP contribution in [0.25, 0.3) is 10.8 Å². The Kier molecular flexibility index (Phi) is 5.78. The Labute approximate surface area is 156 Å². The van der Waals surface area contributed by atoms with Crippen molar-refractivity contribution in [3.05, 3.63) is 77.6 Å². The summed E-state index contributed by atoms with van der Waals surface area (Å²) in [6, 6.07) is 18.4. The molecule has 134 valence electrons. The monoisotopic (exact) mass is 369 g/mol. The van der Waals surface area contributed by atoms with Gasteiger partial charge >= 0.3 is 0 Å². The van der Waals surface area contributed by atoms with Crippen LogP contribution in [0.1, 0.15) is 11.1 Å². The van der Waals surface area contributed by atoms with Crippen LogP contribution in [0.2, 0.25) is 0 Å². The molecule has 5 heteroatoms. The van der Waals surface area contributed by atoms with E-state index < -0.39 is 0 Å². The van der Waals surface area contributed by atoms with Crippen molar-refractivity contribution in [1.82, 2.24) is 0 Å². The lowest BCUT2D eigenvalue weighted by atomic mass is 10.0. The van der Waals surface area contributed by atoms with Crippen molar-refractivity contribution in [2.75, 3.05) is 6.26 Å². The zero-order chi connectivity index (χ0) is 18.5. The van der Waals surface area contributed by atoms with E-state index in [0.717, 1.165) is 16.3 Å². The lowest BCUT2D eigenvalue weighted by Crippen LogP contribution is -2.27. The Bertz CT molecular complexity index is 929. The molecule has 3 aromatic carbocycles. The smallest absolute Gasteiger partial charge is 0.230 e. The lowest BCUT2D eigenvalue weighted by Gasteiger charge is -2.12. The summed E-state index contributed by atoms with van der Waals surface area (Å²) in [4.78, 5) is 11.4. The van der Waals surface area contributed by atoms with Crippen molar-refractivity contribution in [1.29, 1.82) is 0 Å². The molecule has 0 radical (unpaired) electrons. The summed E-state index contributed by atoms with van der Waals surface area (Å²) < 4.78 is 19.4. The van der Waals surface area contributed by atoms with Gasteiger partial charge in [0.1, 0.15) is 18.2 Å². The first-order valence-corrected chi connectivity index (χ1v) is 9.56. The van der Waals surface area contributed by atoms with E-state index in [2.05, 4.69) is 6.07 Å². The van der Waals surface area contributed by atoms with Crippen LogP contribution in [0.4, 0.5) is 4.39 Å². The molecule has 26 heavy (non-hydrogen) atoms. The highest BCUT2D eigenvalue weighted by molar-refractivity contribution is 7.99. The minimum atomic E-state index is -0.297. The quantitative estimate of drug-likeness (QED) is 0.675. The molecule has 3 rings (SSSR count). The number of thioether (sulfide) groups is 1. The molecule has 0 saturated carbocycles. The maximum atomic E-state index is 13.7. The van der Waals surface area contributed by atoms with Gasteiger partial charge in [0.25, 0.3) is 0 Å². The minimum absolute atomic E-state index is 0.185. The number of fused-ring (bicyclic) bond motifs is 1. The number of ether oxygens (including phenoxy) is 1. The van der Waals surface area contributed by atoms with Crippen molar-refractivity contribution in [2.24, 2.45) is 5.73 Å². The summed E-state index contributed by atoms with van der Waals surface area (Å²) in [5.74, 6) is 0.123. The van der Waals surface area contributed by atoms with Gasteiger partial charge in [0.2, 0.25) is 5.91 Å². The normalized spacial score (nSPS) is 12.1. The van der Waals surface area contributed by atoms with Gasteiger partial charge in [-0.2, -0.15) is 11.8 Å². The first-order chi connectivity index (χ1) is 12.6. The second-order valence-electron chi connectivity index (χ2n) is 6.05. The van der Waals surface area contributed by atoms with Crippen LogP contribution in [-0.2, 0) is 17.8 Å². The summed E-state index contributed by atoms with van der Waals surface area (Å²) in [5.41, 5.74) is 7.01.